The molecule has 0 saturated carbocycles. The lowest BCUT2D eigenvalue weighted by Crippen LogP contribution is -2.35. The lowest BCUT2D eigenvalue weighted by atomic mass is 10.2. The van der Waals surface area contributed by atoms with Crippen LogP contribution in [0.3, 0.4) is 0 Å². The molecule has 0 radical (unpaired) electrons. The number of carbonyl (C=O) groups excluding carboxylic acids is 1. The number of carbonyl (C=O) groups is 1. The van der Waals surface area contributed by atoms with E-state index in [2.05, 4.69) is 10.3 Å². The van der Waals surface area contributed by atoms with Crippen LogP contribution in [0.4, 0.5) is 0 Å². The van der Waals surface area contributed by atoms with Crippen molar-refractivity contribution >= 4 is 11.6 Å². The average Bonchev–Trinajstić information content (AvgIpc) is 2.29. The highest BCUT2D eigenvalue weighted by atomic mass is 16.3. The summed E-state index contributed by atoms with van der Waals surface area (Å²) in [4.78, 5) is 28.0. The number of hydrogen-bond acceptors (Lipinski definition) is 4. The van der Waals surface area contributed by atoms with Crippen LogP contribution in [0.1, 0.15) is 29.8 Å². The summed E-state index contributed by atoms with van der Waals surface area (Å²) in [6, 6.07) is 3.33. The molecule has 2 rings (SSSR count). The SMILES string of the molecule is Cc1cccn2c(=O)c(C(=O)NC(C)C)c(O)nc12. The smallest absolute Gasteiger partial charge is 0.274 e. The second-order valence-corrected chi connectivity index (χ2v) is 4.63. The first-order valence-corrected chi connectivity index (χ1v) is 5.93. The molecule has 1 amide bonds. The summed E-state index contributed by atoms with van der Waals surface area (Å²) in [5, 5.41) is 12.4. The Labute approximate surface area is 109 Å². The van der Waals surface area contributed by atoms with Crippen LogP contribution in [0.5, 0.6) is 5.88 Å². The van der Waals surface area contributed by atoms with Crippen LogP contribution < -0.4 is 10.9 Å². The summed E-state index contributed by atoms with van der Waals surface area (Å²) in [6.45, 7) is 5.31. The van der Waals surface area contributed by atoms with Crippen molar-refractivity contribution in [2.75, 3.05) is 0 Å². The quantitative estimate of drug-likeness (QED) is 0.839. The molecule has 0 aromatic carbocycles. The third-order valence-corrected chi connectivity index (χ3v) is 2.68. The molecule has 0 spiro atoms. The normalized spacial score (nSPS) is 10.9. The molecule has 100 valence electrons. The highest BCUT2D eigenvalue weighted by Gasteiger charge is 2.20. The number of nitrogens with zero attached hydrogens (tertiary/aromatic N) is 2. The van der Waals surface area contributed by atoms with Crippen LogP contribution in [0.2, 0.25) is 0 Å². The summed E-state index contributed by atoms with van der Waals surface area (Å²) in [6.07, 6.45) is 1.52. The zero-order valence-corrected chi connectivity index (χ0v) is 11.0. The van der Waals surface area contributed by atoms with E-state index in [0.29, 0.717) is 5.65 Å². The second kappa shape index (κ2) is 4.72. The number of hydrogen-bond donors (Lipinski definition) is 2. The third-order valence-electron chi connectivity index (χ3n) is 2.68. The van der Waals surface area contributed by atoms with Gasteiger partial charge < -0.3 is 10.4 Å². The van der Waals surface area contributed by atoms with E-state index in [1.807, 2.05) is 0 Å². The van der Waals surface area contributed by atoms with E-state index in [0.717, 1.165) is 5.56 Å². The first-order chi connectivity index (χ1) is 8.91. The number of aryl methyl sites for hydroxylation is 1. The molecule has 6 nitrogen and oxygen atoms in total. The van der Waals surface area contributed by atoms with Gasteiger partial charge in [0.1, 0.15) is 5.65 Å². The van der Waals surface area contributed by atoms with Gasteiger partial charge in [0.15, 0.2) is 5.56 Å². The predicted octanol–water partition coefficient (Wildman–Crippen LogP) is 0.847. The number of nitrogens with one attached hydrogen (secondary N) is 1. The molecule has 2 aromatic heterocycles. The maximum Gasteiger partial charge on any atom is 0.274 e. The standard InChI is InChI=1S/C13H15N3O3/c1-7(2)14-11(17)9-12(18)15-10-8(3)5-4-6-16(10)13(9)19/h4-7,18H,1-3H3,(H,14,17). The molecule has 2 heterocycles. The van der Waals surface area contributed by atoms with Crippen LogP contribution in [-0.2, 0) is 0 Å². The minimum Gasteiger partial charge on any atom is -0.493 e. The summed E-state index contributed by atoms with van der Waals surface area (Å²) < 4.78 is 1.25. The second-order valence-electron chi connectivity index (χ2n) is 4.63. The third kappa shape index (κ3) is 2.29. The van der Waals surface area contributed by atoms with Gasteiger partial charge in [-0.25, -0.2) is 0 Å². The lowest BCUT2D eigenvalue weighted by Gasteiger charge is -2.10. The van der Waals surface area contributed by atoms with Gasteiger partial charge in [0.25, 0.3) is 11.5 Å². The Hall–Kier alpha value is -2.37. The van der Waals surface area contributed by atoms with Crippen molar-refractivity contribution in [2.24, 2.45) is 0 Å². The molecule has 0 atom stereocenters. The largest absolute Gasteiger partial charge is 0.493 e. The maximum absolute atomic E-state index is 12.2. The Morgan fingerprint density at radius 2 is 2.16 bits per heavy atom. The molecule has 2 N–H and O–H groups in total. The molecule has 0 bridgehead atoms. The number of aromatic hydroxyl groups is 1. The van der Waals surface area contributed by atoms with Crippen molar-refractivity contribution < 1.29 is 9.90 Å². The molecular weight excluding hydrogens is 246 g/mol. The van der Waals surface area contributed by atoms with E-state index < -0.39 is 17.3 Å². The Balaban J connectivity index is 2.70. The van der Waals surface area contributed by atoms with Gasteiger partial charge in [-0.3, -0.25) is 14.0 Å². The molecule has 19 heavy (non-hydrogen) atoms. The highest BCUT2D eigenvalue weighted by Crippen LogP contribution is 2.13. The number of pyridine rings is 1. The summed E-state index contributed by atoms with van der Waals surface area (Å²) in [5.41, 5.74) is 0.165. The van der Waals surface area contributed by atoms with E-state index in [-0.39, 0.29) is 11.6 Å². The van der Waals surface area contributed by atoms with Crippen molar-refractivity contribution in [3.63, 3.8) is 0 Å². The van der Waals surface area contributed by atoms with E-state index >= 15 is 0 Å². The fourth-order valence-electron chi connectivity index (χ4n) is 1.82. The van der Waals surface area contributed by atoms with Gasteiger partial charge in [0.2, 0.25) is 5.88 Å². The van der Waals surface area contributed by atoms with Gasteiger partial charge in [-0.05, 0) is 32.4 Å². The van der Waals surface area contributed by atoms with Crippen molar-refractivity contribution in [3.8, 4) is 5.88 Å². The Morgan fingerprint density at radius 1 is 1.47 bits per heavy atom. The van der Waals surface area contributed by atoms with Crippen molar-refractivity contribution in [1.82, 2.24) is 14.7 Å². The molecule has 0 unspecified atom stereocenters. The Bertz CT molecular complexity index is 704. The molecule has 0 aliphatic rings. The minimum absolute atomic E-state index is 0.135. The topological polar surface area (TPSA) is 83.7 Å². The fourth-order valence-corrected chi connectivity index (χ4v) is 1.82. The zero-order valence-electron chi connectivity index (χ0n) is 11.0. The zero-order chi connectivity index (χ0) is 14.2. The van der Waals surface area contributed by atoms with Crippen molar-refractivity contribution in [2.45, 2.75) is 26.8 Å². The Kier molecular flexibility index (Phi) is 3.25. The number of amides is 1. The van der Waals surface area contributed by atoms with E-state index in [9.17, 15) is 14.7 Å². The molecular formula is C13H15N3O3. The van der Waals surface area contributed by atoms with Crippen LogP contribution in [0.15, 0.2) is 23.1 Å². The predicted molar refractivity (Wildman–Crippen MR) is 70.5 cm³/mol. The van der Waals surface area contributed by atoms with Crippen LogP contribution >= 0.6 is 0 Å². The molecule has 0 aliphatic heterocycles. The first kappa shape index (κ1) is 13.1. The van der Waals surface area contributed by atoms with Crippen LogP contribution in [0.25, 0.3) is 5.65 Å². The minimum atomic E-state index is -0.624. The van der Waals surface area contributed by atoms with Gasteiger partial charge in [-0.1, -0.05) is 6.07 Å². The summed E-state index contributed by atoms with van der Waals surface area (Å²) >= 11 is 0. The number of fused-ring (bicyclic) bond motifs is 1. The first-order valence-electron chi connectivity index (χ1n) is 5.93. The van der Waals surface area contributed by atoms with Gasteiger partial charge in [0, 0.05) is 12.2 Å². The van der Waals surface area contributed by atoms with Crippen LogP contribution in [0, 0.1) is 6.92 Å². The van der Waals surface area contributed by atoms with Crippen molar-refractivity contribution in [1.29, 1.82) is 0 Å². The van der Waals surface area contributed by atoms with Crippen molar-refractivity contribution in [3.05, 3.63) is 39.8 Å². The molecule has 0 aliphatic carbocycles. The van der Waals surface area contributed by atoms with Gasteiger partial charge in [0.05, 0.1) is 0 Å². The maximum atomic E-state index is 12.2. The van der Waals surface area contributed by atoms with E-state index in [1.54, 1.807) is 32.9 Å². The molecule has 6 heteroatoms. The summed E-state index contributed by atoms with van der Waals surface area (Å²) in [7, 11) is 0. The van der Waals surface area contributed by atoms with Gasteiger partial charge >= 0.3 is 0 Å². The molecule has 0 fully saturated rings. The van der Waals surface area contributed by atoms with Gasteiger partial charge in [-0.2, -0.15) is 4.98 Å². The number of aromatic nitrogens is 2. The van der Waals surface area contributed by atoms with E-state index in [4.69, 9.17) is 0 Å². The monoisotopic (exact) mass is 261 g/mol. The number of rotatable bonds is 2. The molecule has 2 aromatic rings. The van der Waals surface area contributed by atoms with Gasteiger partial charge in [-0.15, -0.1) is 0 Å². The highest BCUT2D eigenvalue weighted by molar-refractivity contribution is 5.96. The fraction of sp³-hybridized carbons (Fsp3) is 0.308. The van der Waals surface area contributed by atoms with E-state index in [1.165, 1.54) is 10.6 Å². The van der Waals surface area contributed by atoms with Crippen LogP contribution in [-0.4, -0.2) is 26.4 Å². The molecule has 0 saturated heterocycles. The lowest BCUT2D eigenvalue weighted by molar-refractivity contribution is 0.0938. The Morgan fingerprint density at radius 3 is 2.79 bits per heavy atom. The summed E-state index contributed by atoms with van der Waals surface area (Å²) in [5.74, 6) is -1.17. The average molecular weight is 261 g/mol.